The highest BCUT2D eigenvalue weighted by Crippen LogP contribution is 2.18. The zero-order chi connectivity index (χ0) is 18.2. The fraction of sp³-hybridized carbons (Fsp3) is 0.368. The number of thiophene rings is 1. The average Bonchev–Trinajstić information content (AvgIpc) is 3.19. The first-order valence-corrected chi connectivity index (χ1v) is 9.64. The summed E-state index contributed by atoms with van der Waals surface area (Å²) < 4.78 is 5.36. The van der Waals surface area contributed by atoms with E-state index in [1.54, 1.807) is 28.4 Å². The molecule has 2 heterocycles. The van der Waals surface area contributed by atoms with E-state index >= 15 is 0 Å². The van der Waals surface area contributed by atoms with Crippen molar-refractivity contribution in [2.75, 3.05) is 19.6 Å². The van der Waals surface area contributed by atoms with E-state index in [2.05, 4.69) is 10.6 Å². The van der Waals surface area contributed by atoms with E-state index in [9.17, 15) is 9.59 Å². The number of hydrogen-bond donors (Lipinski definition) is 2. The lowest BCUT2D eigenvalue weighted by Gasteiger charge is -2.31. The molecule has 26 heavy (non-hydrogen) atoms. The Morgan fingerprint density at radius 1 is 1.08 bits per heavy atom. The molecule has 2 aromatic rings. The van der Waals surface area contributed by atoms with Crippen molar-refractivity contribution < 1.29 is 14.3 Å². The summed E-state index contributed by atoms with van der Waals surface area (Å²) in [5.74, 6) is 0.937. The summed E-state index contributed by atoms with van der Waals surface area (Å²) in [6.07, 6.45) is 1.40. The van der Waals surface area contributed by atoms with Gasteiger partial charge in [-0.05, 0) is 42.3 Å². The van der Waals surface area contributed by atoms with Gasteiger partial charge in [0.15, 0.2) is 0 Å². The summed E-state index contributed by atoms with van der Waals surface area (Å²) >= 11 is 1.62. The van der Waals surface area contributed by atoms with Crippen LogP contribution in [0.2, 0.25) is 0 Å². The zero-order valence-electron chi connectivity index (χ0n) is 14.5. The molecule has 1 aromatic heterocycles. The summed E-state index contributed by atoms with van der Waals surface area (Å²) in [6.45, 7) is 2.47. The zero-order valence-corrected chi connectivity index (χ0v) is 15.3. The Kier molecular flexibility index (Phi) is 6.49. The number of carbonyl (C=O) groups excluding carboxylic acids is 2. The normalized spacial score (nSPS) is 14.7. The SMILES string of the molecule is O=C(NCc1cccs1)NCC1CCN(C(=O)Oc2ccccc2)CC1. The lowest BCUT2D eigenvalue weighted by atomic mass is 9.97. The van der Waals surface area contributed by atoms with Gasteiger partial charge < -0.3 is 20.3 Å². The molecule has 3 rings (SSSR count). The molecule has 2 N–H and O–H groups in total. The molecule has 0 aliphatic carbocycles. The standard InChI is InChI=1S/C19H23N3O3S/c23-18(21-14-17-7-4-12-26-17)20-13-15-8-10-22(11-9-15)19(24)25-16-5-2-1-3-6-16/h1-7,12,15H,8-11,13-14H2,(H2,20,21,23). The Morgan fingerprint density at radius 2 is 1.85 bits per heavy atom. The molecule has 6 nitrogen and oxygen atoms in total. The topological polar surface area (TPSA) is 70.7 Å². The van der Waals surface area contributed by atoms with Gasteiger partial charge in [0, 0.05) is 24.5 Å². The summed E-state index contributed by atoms with van der Waals surface area (Å²) in [7, 11) is 0. The molecule has 0 unspecified atom stereocenters. The number of benzene rings is 1. The predicted molar refractivity (Wildman–Crippen MR) is 101 cm³/mol. The lowest BCUT2D eigenvalue weighted by molar-refractivity contribution is 0.130. The second-order valence-electron chi connectivity index (χ2n) is 6.25. The average molecular weight is 373 g/mol. The molecule has 0 saturated carbocycles. The van der Waals surface area contributed by atoms with Crippen LogP contribution in [0.1, 0.15) is 17.7 Å². The largest absolute Gasteiger partial charge is 0.415 e. The molecule has 138 valence electrons. The maximum absolute atomic E-state index is 12.2. The Labute approximate surface area is 157 Å². The maximum atomic E-state index is 12.2. The number of carbonyl (C=O) groups is 2. The van der Waals surface area contributed by atoms with E-state index in [1.807, 2.05) is 35.7 Å². The van der Waals surface area contributed by atoms with E-state index in [-0.39, 0.29) is 12.1 Å². The quantitative estimate of drug-likeness (QED) is 0.843. The van der Waals surface area contributed by atoms with Crippen molar-refractivity contribution in [3.05, 3.63) is 52.7 Å². The van der Waals surface area contributed by atoms with Crippen molar-refractivity contribution in [3.8, 4) is 5.75 Å². The van der Waals surface area contributed by atoms with Crippen LogP contribution in [0.25, 0.3) is 0 Å². The second-order valence-corrected chi connectivity index (χ2v) is 7.29. The molecule has 7 heteroatoms. The van der Waals surface area contributed by atoms with Gasteiger partial charge in [-0.2, -0.15) is 0 Å². The molecule has 0 bridgehead atoms. The first-order valence-electron chi connectivity index (χ1n) is 8.76. The number of para-hydroxylation sites is 1. The lowest BCUT2D eigenvalue weighted by Crippen LogP contribution is -2.44. The minimum Gasteiger partial charge on any atom is -0.410 e. The van der Waals surface area contributed by atoms with Crippen molar-refractivity contribution in [3.63, 3.8) is 0 Å². The van der Waals surface area contributed by atoms with E-state index < -0.39 is 0 Å². The van der Waals surface area contributed by atoms with Crippen LogP contribution in [-0.4, -0.2) is 36.7 Å². The van der Waals surface area contributed by atoms with Crippen LogP contribution in [0.5, 0.6) is 5.75 Å². The minimum absolute atomic E-state index is 0.149. The van der Waals surface area contributed by atoms with Gasteiger partial charge in [-0.3, -0.25) is 0 Å². The fourth-order valence-electron chi connectivity index (χ4n) is 2.85. The maximum Gasteiger partial charge on any atom is 0.415 e. The number of nitrogens with one attached hydrogen (secondary N) is 2. The third-order valence-corrected chi connectivity index (χ3v) is 5.25. The van der Waals surface area contributed by atoms with Crippen molar-refractivity contribution >= 4 is 23.5 Å². The third-order valence-electron chi connectivity index (χ3n) is 4.38. The number of rotatable bonds is 5. The van der Waals surface area contributed by atoms with E-state index in [0.717, 1.165) is 17.7 Å². The molecule has 0 radical (unpaired) electrons. The van der Waals surface area contributed by atoms with E-state index in [4.69, 9.17) is 4.74 Å². The van der Waals surface area contributed by atoms with Crippen LogP contribution in [0.15, 0.2) is 47.8 Å². The first kappa shape index (κ1) is 18.3. The van der Waals surface area contributed by atoms with Crippen LogP contribution in [-0.2, 0) is 6.54 Å². The van der Waals surface area contributed by atoms with Gasteiger partial charge >= 0.3 is 12.1 Å². The van der Waals surface area contributed by atoms with Gasteiger partial charge in [0.1, 0.15) is 5.75 Å². The van der Waals surface area contributed by atoms with E-state index in [0.29, 0.717) is 37.8 Å². The first-order chi connectivity index (χ1) is 12.7. The third kappa shape index (κ3) is 5.49. The highest BCUT2D eigenvalue weighted by molar-refractivity contribution is 7.09. The molecule has 1 fully saturated rings. The van der Waals surface area contributed by atoms with Crippen molar-refractivity contribution in [2.24, 2.45) is 5.92 Å². The minimum atomic E-state index is -0.309. The second kappa shape index (κ2) is 9.24. The van der Waals surface area contributed by atoms with Crippen LogP contribution in [0.3, 0.4) is 0 Å². The number of hydrogen-bond acceptors (Lipinski definition) is 4. The summed E-state index contributed by atoms with van der Waals surface area (Å²) in [5, 5.41) is 7.76. The highest BCUT2D eigenvalue weighted by Gasteiger charge is 2.24. The molecule has 1 aliphatic rings. The number of amides is 3. The van der Waals surface area contributed by atoms with Crippen LogP contribution < -0.4 is 15.4 Å². The number of nitrogens with zero attached hydrogens (tertiary/aromatic N) is 1. The molecule has 0 atom stereocenters. The summed E-state index contributed by atoms with van der Waals surface area (Å²) in [4.78, 5) is 26.9. The molecule has 1 aliphatic heterocycles. The molecular formula is C19H23N3O3S. The van der Waals surface area contributed by atoms with Crippen molar-refractivity contribution in [1.29, 1.82) is 0 Å². The molecule has 1 aromatic carbocycles. The van der Waals surface area contributed by atoms with Gasteiger partial charge in [-0.1, -0.05) is 24.3 Å². The predicted octanol–water partition coefficient (Wildman–Crippen LogP) is 3.46. The number of piperidine rings is 1. The molecule has 0 spiro atoms. The number of urea groups is 1. The Morgan fingerprint density at radius 3 is 2.54 bits per heavy atom. The fourth-order valence-corrected chi connectivity index (χ4v) is 3.50. The van der Waals surface area contributed by atoms with Crippen molar-refractivity contribution in [2.45, 2.75) is 19.4 Å². The number of ether oxygens (including phenoxy) is 1. The monoisotopic (exact) mass is 373 g/mol. The van der Waals surface area contributed by atoms with E-state index in [1.165, 1.54) is 0 Å². The molecule has 1 saturated heterocycles. The summed E-state index contributed by atoms with van der Waals surface area (Å²) in [6, 6.07) is 12.9. The highest BCUT2D eigenvalue weighted by atomic mass is 32.1. The van der Waals surface area contributed by atoms with Gasteiger partial charge in [0.25, 0.3) is 0 Å². The van der Waals surface area contributed by atoms with Gasteiger partial charge in [0.05, 0.1) is 6.54 Å². The van der Waals surface area contributed by atoms with Crippen LogP contribution in [0, 0.1) is 5.92 Å². The van der Waals surface area contributed by atoms with Crippen LogP contribution in [0.4, 0.5) is 9.59 Å². The van der Waals surface area contributed by atoms with Crippen LogP contribution >= 0.6 is 11.3 Å². The van der Waals surface area contributed by atoms with Gasteiger partial charge in [-0.15, -0.1) is 11.3 Å². The molecular weight excluding hydrogens is 350 g/mol. The van der Waals surface area contributed by atoms with Crippen molar-refractivity contribution in [1.82, 2.24) is 15.5 Å². The smallest absolute Gasteiger partial charge is 0.410 e. The Bertz CT molecular complexity index is 698. The van der Waals surface area contributed by atoms with Gasteiger partial charge in [-0.25, -0.2) is 9.59 Å². The van der Waals surface area contributed by atoms with Gasteiger partial charge in [0.2, 0.25) is 0 Å². The molecule has 3 amide bonds. The number of likely N-dealkylation sites (tertiary alicyclic amines) is 1. The summed E-state index contributed by atoms with van der Waals surface area (Å²) in [5.41, 5.74) is 0. The Balaban J connectivity index is 1.33. The Hall–Kier alpha value is -2.54.